The zero-order valence-electron chi connectivity index (χ0n) is 15.8. The summed E-state index contributed by atoms with van der Waals surface area (Å²) in [4.78, 5) is 39.0. The summed E-state index contributed by atoms with van der Waals surface area (Å²) in [5.41, 5.74) is 0. The van der Waals surface area contributed by atoms with Crippen molar-refractivity contribution in [3.63, 3.8) is 0 Å². The summed E-state index contributed by atoms with van der Waals surface area (Å²) in [6.45, 7) is 5.12. The van der Waals surface area contributed by atoms with E-state index in [4.69, 9.17) is 0 Å². The molecule has 154 valence electrons. The first-order chi connectivity index (χ1) is 12.6. The molecule has 1 N–H and O–H groups in total. The third-order valence-electron chi connectivity index (χ3n) is 5.13. The molecule has 0 radical (unpaired) electrons. The van der Waals surface area contributed by atoms with Gasteiger partial charge in [-0.1, -0.05) is 13.8 Å². The molecule has 0 aliphatic carbocycles. The average Bonchev–Trinajstić information content (AvgIpc) is 3.13. The van der Waals surface area contributed by atoms with Crippen LogP contribution in [0.1, 0.15) is 46.0 Å². The molecule has 2 rings (SSSR count). The number of halogens is 3. The van der Waals surface area contributed by atoms with Crippen molar-refractivity contribution in [2.75, 3.05) is 26.2 Å². The number of piperidine rings is 1. The first kappa shape index (κ1) is 21.5. The van der Waals surface area contributed by atoms with E-state index in [2.05, 4.69) is 5.32 Å². The van der Waals surface area contributed by atoms with Crippen molar-refractivity contribution in [1.29, 1.82) is 0 Å². The lowest BCUT2D eigenvalue weighted by atomic mass is 9.94. The van der Waals surface area contributed by atoms with Gasteiger partial charge in [0.15, 0.2) is 0 Å². The molecule has 2 fully saturated rings. The molecule has 27 heavy (non-hydrogen) atoms. The van der Waals surface area contributed by atoms with Gasteiger partial charge in [-0.25, -0.2) is 0 Å². The fourth-order valence-corrected chi connectivity index (χ4v) is 3.66. The lowest BCUT2D eigenvalue weighted by Crippen LogP contribution is -2.52. The summed E-state index contributed by atoms with van der Waals surface area (Å²) in [5.74, 6) is -2.52. The molecule has 1 atom stereocenters. The van der Waals surface area contributed by atoms with E-state index in [-0.39, 0.29) is 43.7 Å². The highest BCUT2D eigenvalue weighted by Gasteiger charge is 2.44. The summed E-state index contributed by atoms with van der Waals surface area (Å²) in [7, 11) is 0. The molecule has 2 saturated heterocycles. The van der Waals surface area contributed by atoms with Gasteiger partial charge >= 0.3 is 12.1 Å². The fraction of sp³-hybridized carbons (Fsp3) is 0.833. The second-order valence-corrected chi connectivity index (χ2v) is 7.79. The number of hydrogen-bond donors (Lipinski definition) is 1. The number of carbonyl (C=O) groups excluding carboxylic acids is 3. The number of nitrogens with one attached hydrogen (secondary N) is 1. The molecule has 0 unspecified atom stereocenters. The SMILES string of the molecule is CC(C)C[C@H](NC(=O)C1CCN(C(=O)C(F)(F)F)CC1)C(=O)N1CCCC1. The highest BCUT2D eigenvalue weighted by molar-refractivity contribution is 5.89. The highest BCUT2D eigenvalue weighted by atomic mass is 19.4. The summed E-state index contributed by atoms with van der Waals surface area (Å²) in [5, 5.41) is 2.81. The zero-order valence-corrected chi connectivity index (χ0v) is 15.8. The molecule has 3 amide bonds. The molecule has 2 heterocycles. The fourth-order valence-electron chi connectivity index (χ4n) is 3.66. The van der Waals surface area contributed by atoms with Crippen molar-refractivity contribution in [1.82, 2.24) is 15.1 Å². The van der Waals surface area contributed by atoms with Gasteiger partial charge in [-0.2, -0.15) is 13.2 Å². The maximum Gasteiger partial charge on any atom is 0.471 e. The lowest BCUT2D eigenvalue weighted by molar-refractivity contribution is -0.186. The van der Waals surface area contributed by atoms with Gasteiger partial charge in [0.1, 0.15) is 6.04 Å². The van der Waals surface area contributed by atoms with Crippen LogP contribution in [0.3, 0.4) is 0 Å². The smallest absolute Gasteiger partial charge is 0.344 e. The van der Waals surface area contributed by atoms with Crippen LogP contribution in [0.5, 0.6) is 0 Å². The number of nitrogens with zero attached hydrogens (tertiary/aromatic N) is 2. The third-order valence-corrected chi connectivity index (χ3v) is 5.13. The predicted molar refractivity (Wildman–Crippen MR) is 92.6 cm³/mol. The van der Waals surface area contributed by atoms with Crippen molar-refractivity contribution in [2.45, 2.75) is 58.2 Å². The van der Waals surface area contributed by atoms with Crippen molar-refractivity contribution in [3.05, 3.63) is 0 Å². The Morgan fingerprint density at radius 3 is 2.04 bits per heavy atom. The van der Waals surface area contributed by atoms with Crippen molar-refractivity contribution in [3.8, 4) is 0 Å². The molecular weight excluding hydrogens is 363 g/mol. The molecule has 0 spiro atoms. The Balaban J connectivity index is 1.91. The van der Waals surface area contributed by atoms with Gasteiger partial charge in [0, 0.05) is 32.1 Å². The average molecular weight is 391 g/mol. The zero-order chi connectivity index (χ0) is 20.2. The van der Waals surface area contributed by atoms with Gasteiger partial charge in [-0.05, 0) is 38.0 Å². The molecule has 0 aromatic heterocycles. The molecule has 0 aromatic rings. The van der Waals surface area contributed by atoms with Crippen molar-refractivity contribution >= 4 is 17.7 Å². The van der Waals surface area contributed by atoms with E-state index in [9.17, 15) is 27.6 Å². The van der Waals surface area contributed by atoms with Gasteiger partial charge in [0.2, 0.25) is 11.8 Å². The quantitative estimate of drug-likeness (QED) is 0.779. The molecule has 0 aromatic carbocycles. The Morgan fingerprint density at radius 1 is 1.00 bits per heavy atom. The summed E-state index contributed by atoms with van der Waals surface area (Å²) >= 11 is 0. The predicted octanol–water partition coefficient (Wildman–Crippen LogP) is 1.94. The minimum Gasteiger partial charge on any atom is -0.344 e. The van der Waals surface area contributed by atoms with Crippen molar-refractivity contribution in [2.24, 2.45) is 11.8 Å². The minimum absolute atomic E-state index is 0.0840. The van der Waals surface area contributed by atoms with Crippen LogP contribution >= 0.6 is 0 Å². The van der Waals surface area contributed by atoms with Crippen LogP contribution in [0.2, 0.25) is 0 Å². The Hall–Kier alpha value is -1.80. The van der Waals surface area contributed by atoms with Gasteiger partial charge in [0.05, 0.1) is 0 Å². The maximum atomic E-state index is 12.7. The summed E-state index contributed by atoms with van der Waals surface area (Å²) < 4.78 is 37.5. The number of alkyl halides is 3. The second-order valence-electron chi connectivity index (χ2n) is 7.79. The van der Waals surface area contributed by atoms with E-state index in [1.807, 2.05) is 13.8 Å². The molecule has 2 aliphatic heterocycles. The number of carbonyl (C=O) groups is 3. The molecule has 6 nitrogen and oxygen atoms in total. The van der Waals surface area contributed by atoms with E-state index in [1.54, 1.807) is 4.90 Å². The second kappa shape index (κ2) is 8.93. The minimum atomic E-state index is -4.89. The molecule has 9 heteroatoms. The number of likely N-dealkylation sites (tertiary alicyclic amines) is 2. The molecular formula is C18H28F3N3O3. The monoisotopic (exact) mass is 391 g/mol. The van der Waals surface area contributed by atoms with E-state index >= 15 is 0 Å². The Kier molecular flexibility index (Phi) is 7.11. The maximum absolute atomic E-state index is 12.7. The van der Waals surface area contributed by atoms with Crippen LogP contribution in [0.25, 0.3) is 0 Å². The van der Waals surface area contributed by atoms with Gasteiger partial charge < -0.3 is 15.1 Å². The van der Waals surface area contributed by atoms with E-state index in [1.165, 1.54) is 0 Å². The third kappa shape index (κ3) is 5.84. The summed E-state index contributed by atoms with van der Waals surface area (Å²) in [6.07, 6.45) is -2.12. The van der Waals surface area contributed by atoms with Gasteiger partial charge in [-0.15, -0.1) is 0 Å². The standard InChI is InChI=1S/C18H28F3N3O3/c1-12(2)11-14(16(26)23-7-3-4-8-23)22-15(25)13-5-9-24(10-6-13)17(27)18(19,20)21/h12-14H,3-11H2,1-2H3,(H,22,25)/t14-/m0/s1. The van der Waals surface area contributed by atoms with Crippen LogP contribution in [0.15, 0.2) is 0 Å². The van der Waals surface area contributed by atoms with Crippen LogP contribution in [0.4, 0.5) is 13.2 Å². The van der Waals surface area contributed by atoms with E-state index in [0.717, 1.165) is 17.7 Å². The first-order valence-electron chi connectivity index (χ1n) is 9.55. The van der Waals surface area contributed by atoms with Crippen molar-refractivity contribution < 1.29 is 27.6 Å². The topological polar surface area (TPSA) is 69.7 Å². The van der Waals surface area contributed by atoms with E-state index in [0.29, 0.717) is 19.5 Å². The van der Waals surface area contributed by atoms with Crippen LogP contribution in [0, 0.1) is 11.8 Å². The Bertz CT molecular complexity index is 552. The first-order valence-corrected chi connectivity index (χ1v) is 9.55. The molecule has 0 saturated carbocycles. The largest absolute Gasteiger partial charge is 0.471 e. The summed E-state index contributed by atoms with van der Waals surface area (Å²) in [6, 6.07) is -0.606. The highest BCUT2D eigenvalue weighted by Crippen LogP contribution is 2.24. The van der Waals surface area contributed by atoms with E-state index < -0.39 is 24.0 Å². The number of amides is 3. The van der Waals surface area contributed by atoms with Crippen LogP contribution < -0.4 is 5.32 Å². The number of rotatable bonds is 5. The Labute approximate surface area is 157 Å². The van der Waals surface area contributed by atoms with Crippen LogP contribution in [-0.2, 0) is 14.4 Å². The molecule has 2 aliphatic rings. The Morgan fingerprint density at radius 2 is 1.56 bits per heavy atom. The molecule has 0 bridgehead atoms. The number of hydrogen-bond acceptors (Lipinski definition) is 3. The normalized spacial score (nSPS) is 20.1. The lowest BCUT2D eigenvalue weighted by Gasteiger charge is -2.33. The van der Waals surface area contributed by atoms with Gasteiger partial charge in [-0.3, -0.25) is 14.4 Å². The van der Waals surface area contributed by atoms with Crippen LogP contribution in [-0.4, -0.2) is 65.9 Å². The van der Waals surface area contributed by atoms with Gasteiger partial charge in [0.25, 0.3) is 0 Å².